The maximum atomic E-state index is 12.6. The van der Waals surface area contributed by atoms with Crippen LogP contribution in [0.5, 0.6) is 0 Å². The number of rotatable bonds is 4. The average molecular weight is 365 g/mol. The number of carboxylic acids is 1. The van der Waals surface area contributed by atoms with Crippen LogP contribution in [0.4, 0.5) is 5.69 Å². The Labute approximate surface area is 151 Å². The lowest BCUT2D eigenvalue weighted by Gasteiger charge is -2.26. The van der Waals surface area contributed by atoms with E-state index in [1.54, 1.807) is 23.1 Å². The molecule has 0 aromatic heterocycles. The van der Waals surface area contributed by atoms with E-state index in [1.165, 1.54) is 0 Å². The van der Waals surface area contributed by atoms with E-state index < -0.39 is 12.0 Å². The van der Waals surface area contributed by atoms with E-state index in [1.807, 2.05) is 6.07 Å². The number of carbonyl (C=O) groups excluding carboxylic acids is 2. The van der Waals surface area contributed by atoms with Gasteiger partial charge in [0.1, 0.15) is 6.04 Å². The first kappa shape index (κ1) is 17.7. The number of hydrogen-bond donors (Lipinski definition) is 2. The maximum absolute atomic E-state index is 12.6. The highest BCUT2D eigenvalue weighted by Gasteiger charge is 2.37. The van der Waals surface area contributed by atoms with Gasteiger partial charge in [-0.2, -0.15) is 0 Å². The molecule has 2 N–H and O–H groups in total. The third-order valence-electron chi connectivity index (χ3n) is 5.11. The van der Waals surface area contributed by atoms with Crippen molar-refractivity contribution in [3.63, 3.8) is 0 Å². The highest BCUT2D eigenvalue weighted by Crippen LogP contribution is 2.31. The molecule has 1 aromatic rings. The van der Waals surface area contributed by atoms with Gasteiger partial charge in [-0.1, -0.05) is 23.7 Å². The lowest BCUT2D eigenvalue weighted by Crippen LogP contribution is -2.44. The highest BCUT2D eigenvalue weighted by atomic mass is 35.5. The Morgan fingerprint density at radius 2 is 1.72 bits per heavy atom. The summed E-state index contributed by atoms with van der Waals surface area (Å²) < 4.78 is 0. The van der Waals surface area contributed by atoms with Gasteiger partial charge >= 0.3 is 5.97 Å². The van der Waals surface area contributed by atoms with Crippen molar-refractivity contribution in [2.75, 3.05) is 11.4 Å². The van der Waals surface area contributed by atoms with E-state index in [0.717, 1.165) is 0 Å². The monoisotopic (exact) mass is 364 g/mol. The van der Waals surface area contributed by atoms with Crippen molar-refractivity contribution in [3.8, 4) is 0 Å². The fourth-order valence-corrected chi connectivity index (χ4v) is 3.85. The highest BCUT2D eigenvalue weighted by molar-refractivity contribution is 6.34. The second-order valence-corrected chi connectivity index (χ2v) is 7.09. The molecule has 1 heterocycles. The maximum Gasteiger partial charge on any atom is 0.306 e. The molecule has 1 atom stereocenters. The summed E-state index contributed by atoms with van der Waals surface area (Å²) in [6.45, 7) is 0.513. The summed E-state index contributed by atoms with van der Waals surface area (Å²) >= 11 is 6.15. The van der Waals surface area contributed by atoms with Crippen molar-refractivity contribution < 1.29 is 19.5 Å². The first-order valence-electron chi connectivity index (χ1n) is 8.56. The SMILES string of the molecule is O=C(O)C1CCC(C(=O)NC2CCN(c3ccccc3Cl)C2=O)CC1. The lowest BCUT2D eigenvalue weighted by molar-refractivity contribution is -0.144. The molecule has 1 saturated carbocycles. The number of nitrogens with one attached hydrogen (secondary N) is 1. The molecule has 2 fully saturated rings. The Hall–Kier alpha value is -2.08. The Bertz CT molecular complexity index is 685. The number of anilines is 1. The second kappa shape index (κ2) is 7.44. The van der Waals surface area contributed by atoms with E-state index in [-0.39, 0.29) is 23.7 Å². The first-order valence-corrected chi connectivity index (χ1v) is 8.94. The van der Waals surface area contributed by atoms with E-state index in [2.05, 4.69) is 5.32 Å². The van der Waals surface area contributed by atoms with Gasteiger partial charge in [0.25, 0.3) is 0 Å². The number of para-hydroxylation sites is 1. The molecule has 2 amide bonds. The van der Waals surface area contributed by atoms with Gasteiger partial charge in [0.05, 0.1) is 16.6 Å². The zero-order valence-electron chi connectivity index (χ0n) is 13.8. The summed E-state index contributed by atoms with van der Waals surface area (Å²) in [5.41, 5.74) is 0.660. The molecule has 0 spiro atoms. The Kier molecular flexibility index (Phi) is 5.27. The molecular formula is C18H21ClN2O4. The normalized spacial score (nSPS) is 26.5. The van der Waals surface area contributed by atoms with Crippen LogP contribution in [0.1, 0.15) is 32.1 Å². The molecule has 3 rings (SSSR count). The van der Waals surface area contributed by atoms with Crippen LogP contribution in [0.3, 0.4) is 0 Å². The third-order valence-corrected chi connectivity index (χ3v) is 5.43. The summed E-state index contributed by atoms with van der Waals surface area (Å²) in [5, 5.41) is 12.4. The molecular weight excluding hydrogens is 344 g/mol. The molecule has 2 aliphatic rings. The van der Waals surface area contributed by atoms with Gasteiger partial charge in [-0.25, -0.2) is 0 Å². The molecule has 1 unspecified atom stereocenters. The van der Waals surface area contributed by atoms with Crippen LogP contribution in [0.2, 0.25) is 5.02 Å². The topological polar surface area (TPSA) is 86.7 Å². The Balaban J connectivity index is 1.57. The smallest absolute Gasteiger partial charge is 0.306 e. The van der Waals surface area contributed by atoms with Gasteiger partial charge in [-0.15, -0.1) is 0 Å². The Morgan fingerprint density at radius 3 is 2.36 bits per heavy atom. The predicted octanol–water partition coefficient (Wildman–Crippen LogP) is 2.45. The molecule has 1 aliphatic carbocycles. The quantitative estimate of drug-likeness (QED) is 0.859. The number of carbonyl (C=O) groups is 3. The van der Waals surface area contributed by atoms with E-state index >= 15 is 0 Å². The molecule has 1 saturated heterocycles. The number of aliphatic carboxylic acids is 1. The van der Waals surface area contributed by atoms with Crippen molar-refractivity contribution in [2.24, 2.45) is 11.8 Å². The Morgan fingerprint density at radius 1 is 1.08 bits per heavy atom. The molecule has 0 radical (unpaired) electrons. The van der Waals surface area contributed by atoms with E-state index in [9.17, 15) is 14.4 Å². The zero-order chi connectivity index (χ0) is 18.0. The number of hydrogen-bond acceptors (Lipinski definition) is 3. The van der Waals surface area contributed by atoms with Gasteiger partial charge < -0.3 is 15.3 Å². The fourth-order valence-electron chi connectivity index (χ4n) is 3.62. The minimum absolute atomic E-state index is 0.150. The number of halogens is 1. The summed E-state index contributed by atoms with van der Waals surface area (Å²) in [6.07, 6.45) is 2.67. The van der Waals surface area contributed by atoms with Gasteiger partial charge in [0.15, 0.2) is 0 Å². The van der Waals surface area contributed by atoms with Crippen molar-refractivity contribution in [2.45, 2.75) is 38.1 Å². The average Bonchev–Trinajstić information content (AvgIpc) is 2.96. The van der Waals surface area contributed by atoms with Crippen LogP contribution in [0.15, 0.2) is 24.3 Å². The molecule has 134 valence electrons. The van der Waals surface area contributed by atoms with Crippen LogP contribution in [0, 0.1) is 11.8 Å². The molecule has 6 nitrogen and oxygen atoms in total. The summed E-state index contributed by atoms with van der Waals surface area (Å²) in [6, 6.07) is 6.61. The minimum atomic E-state index is -0.791. The van der Waals surface area contributed by atoms with Gasteiger partial charge in [-0.05, 0) is 44.2 Å². The largest absolute Gasteiger partial charge is 0.481 e. The number of carboxylic acid groups (broad SMARTS) is 1. The molecule has 0 bridgehead atoms. The summed E-state index contributed by atoms with van der Waals surface area (Å²) in [4.78, 5) is 37.6. The molecule has 1 aromatic carbocycles. The fraction of sp³-hybridized carbons (Fsp3) is 0.500. The number of nitrogens with zero attached hydrogens (tertiary/aromatic N) is 1. The molecule has 1 aliphatic heterocycles. The van der Waals surface area contributed by atoms with Crippen LogP contribution in [-0.2, 0) is 14.4 Å². The van der Waals surface area contributed by atoms with Crippen LogP contribution < -0.4 is 10.2 Å². The van der Waals surface area contributed by atoms with E-state index in [0.29, 0.717) is 49.4 Å². The minimum Gasteiger partial charge on any atom is -0.481 e. The standard InChI is InChI=1S/C18H21ClN2O4/c19-13-3-1-2-4-15(13)21-10-9-14(17(21)23)20-16(22)11-5-7-12(8-6-11)18(24)25/h1-4,11-12,14H,5-10H2,(H,20,22)(H,24,25). The lowest BCUT2D eigenvalue weighted by atomic mass is 9.81. The van der Waals surface area contributed by atoms with Crippen LogP contribution >= 0.6 is 11.6 Å². The van der Waals surface area contributed by atoms with Crippen molar-refractivity contribution >= 4 is 35.1 Å². The van der Waals surface area contributed by atoms with Gasteiger partial charge in [0.2, 0.25) is 11.8 Å². The first-order chi connectivity index (χ1) is 12.0. The van der Waals surface area contributed by atoms with E-state index in [4.69, 9.17) is 16.7 Å². The summed E-state index contributed by atoms with van der Waals surface area (Å²) in [5.74, 6) is -1.66. The van der Waals surface area contributed by atoms with Crippen molar-refractivity contribution in [3.05, 3.63) is 29.3 Å². The van der Waals surface area contributed by atoms with Gasteiger partial charge in [-0.3, -0.25) is 14.4 Å². The second-order valence-electron chi connectivity index (χ2n) is 6.68. The van der Waals surface area contributed by atoms with Crippen LogP contribution in [-0.4, -0.2) is 35.5 Å². The predicted molar refractivity (Wildman–Crippen MR) is 93.4 cm³/mol. The number of amides is 2. The third kappa shape index (κ3) is 3.79. The molecule has 7 heteroatoms. The van der Waals surface area contributed by atoms with Crippen molar-refractivity contribution in [1.29, 1.82) is 0 Å². The van der Waals surface area contributed by atoms with Crippen molar-refractivity contribution in [1.82, 2.24) is 5.32 Å². The van der Waals surface area contributed by atoms with Gasteiger partial charge in [0, 0.05) is 12.5 Å². The number of benzene rings is 1. The zero-order valence-corrected chi connectivity index (χ0v) is 14.5. The van der Waals surface area contributed by atoms with Crippen LogP contribution in [0.25, 0.3) is 0 Å². The molecule has 25 heavy (non-hydrogen) atoms. The summed E-state index contributed by atoms with van der Waals surface area (Å²) in [7, 11) is 0.